The van der Waals surface area contributed by atoms with E-state index in [1.807, 2.05) is 0 Å². The summed E-state index contributed by atoms with van der Waals surface area (Å²) in [5.41, 5.74) is 6.16. The minimum atomic E-state index is -0.627. The maximum absolute atomic E-state index is 13.1. The molecular weight excluding hydrogens is 266 g/mol. The third kappa shape index (κ3) is 3.53. The Hall–Kier alpha value is -2.44. The molecule has 0 aliphatic heterocycles. The van der Waals surface area contributed by atoms with Crippen LogP contribution in [0.5, 0.6) is 0 Å². The normalized spacial score (nSPS) is 12.2. The predicted molar refractivity (Wildman–Crippen MR) is 69.8 cm³/mol. The molecule has 0 saturated heterocycles. The number of hydrogen-bond donors (Lipinski definition) is 2. The van der Waals surface area contributed by atoms with Gasteiger partial charge in [0.2, 0.25) is 5.91 Å². The van der Waals surface area contributed by atoms with E-state index >= 15 is 0 Å². The lowest BCUT2D eigenvalue weighted by atomic mass is 10.1. The Labute approximate surface area is 114 Å². The van der Waals surface area contributed by atoms with Gasteiger partial charge in [-0.1, -0.05) is 0 Å². The average Bonchev–Trinajstić information content (AvgIpc) is 2.74. The first-order valence-electron chi connectivity index (χ1n) is 5.97. The van der Waals surface area contributed by atoms with Gasteiger partial charge in [-0.15, -0.1) is 0 Å². The summed E-state index contributed by atoms with van der Waals surface area (Å²) in [4.78, 5) is 10.8. The summed E-state index contributed by atoms with van der Waals surface area (Å²) in [7, 11) is 0. The third-order valence-corrected chi connectivity index (χ3v) is 2.72. The highest BCUT2D eigenvalue weighted by Gasteiger charge is 2.10. The summed E-state index contributed by atoms with van der Waals surface area (Å²) in [6.45, 7) is 1.74. The Kier molecular flexibility index (Phi) is 3.97. The molecule has 0 saturated carbocycles. The quantitative estimate of drug-likeness (QED) is 0.877. The highest BCUT2D eigenvalue weighted by Crippen LogP contribution is 2.20. The van der Waals surface area contributed by atoms with Crippen molar-refractivity contribution in [2.75, 3.05) is 5.32 Å². The molecule has 106 valence electrons. The summed E-state index contributed by atoms with van der Waals surface area (Å²) >= 11 is 0. The van der Waals surface area contributed by atoms with E-state index in [-0.39, 0.29) is 12.6 Å². The van der Waals surface area contributed by atoms with Crippen molar-refractivity contribution in [2.24, 2.45) is 5.73 Å². The molecule has 0 aliphatic carbocycles. The molecule has 1 aromatic carbocycles. The molecule has 0 fully saturated rings. The van der Waals surface area contributed by atoms with Gasteiger partial charge in [-0.25, -0.2) is 8.78 Å². The molecule has 1 aromatic heterocycles. The van der Waals surface area contributed by atoms with Gasteiger partial charge in [0, 0.05) is 18.3 Å². The number of anilines is 1. The highest BCUT2D eigenvalue weighted by molar-refractivity contribution is 5.73. The maximum Gasteiger partial charge on any atom is 0.239 e. The Morgan fingerprint density at radius 3 is 2.65 bits per heavy atom. The van der Waals surface area contributed by atoms with Crippen molar-refractivity contribution in [1.82, 2.24) is 9.78 Å². The lowest BCUT2D eigenvalue weighted by Crippen LogP contribution is -2.18. The van der Waals surface area contributed by atoms with E-state index in [1.54, 1.807) is 13.1 Å². The van der Waals surface area contributed by atoms with Crippen LogP contribution in [0, 0.1) is 11.6 Å². The molecule has 0 aliphatic rings. The minimum absolute atomic E-state index is 0.0232. The fraction of sp³-hybridized carbons (Fsp3) is 0.231. The first kappa shape index (κ1) is 14.0. The fourth-order valence-corrected chi connectivity index (χ4v) is 1.84. The molecule has 0 bridgehead atoms. The van der Waals surface area contributed by atoms with E-state index in [2.05, 4.69) is 10.4 Å². The van der Waals surface area contributed by atoms with Crippen LogP contribution in [0.3, 0.4) is 0 Å². The van der Waals surface area contributed by atoms with Crippen molar-refractivity contribution in [3.05, 3.63) is 47.8 Å². The SMILES string of the molecule is CC(Nc1cnn(CC(N)=O)c1)c1cc(F)cc(F)c1. The summed E-state index contributed by atoms with van der Waals surface area (Å²) < 4.78 is 27.7. The van der Waals surface area contributed by atoms with Crippen LogP contribution in [-0.4, -0.2) is 15.7 Å². The minimum Gasteiger partial charge on any atom is -0.376 e. The summed E-state index contributed by atoms with van der Waals surface area (Å²) in [6, 6.07) is 3.02. The van der Waals surface area contributed by atoms with Crippen LogP contribution >= 0.6 is 0 Å². The number of aromatic nitrogens is 2. The molecule has 2 rings (SSSR count). The largest absolute Gasteiger partial charge is 0.376 e. The number of benzene rings is 1. The van der Waals surface area contributed by atoms with E-state index < -0.39 is 17.5 Å². The Bertz CT molecular complexity index is 606. The zero-order valence-corrected chi connectivity index (χ0v) is 10.8. The first-order valence-corrected chi connectivity index (χ1v) is 5.97. The van der Waals surface area contributed by atoms with E-state index in [1.165, 1.54) is 23.0 Å². The van der Waals surface area contributed by atoms with Gasteiger partial charge < -0.3 is 11.1 Å². The molecule has 1 atom stereocenters. The number of carbonyl (C=O) groups is 1. The molecule has 7 heteroatoms. The highest BCUT2D eigenvalue weighted by atomic mass is 19.1. The van der Waals surface area contributed by atoms with E-state index in [4.69, 9.17) is 5.73 Å². The van der Waals surface area contributed by atoms with Crippen molar-refractivity contribution in [3.63, 3.8) is 0 Å². The molecule has 2 aromatic rings. The zero-order chi connectivity index (χ0) is 14.7. The molecule has 5 nitrogen and oxygen atoms in total. The first-order chi connectivity index (χ1) is 9.44. The van der Waals surface area contributed by atoms with Gasteiger partial charge in [-0.2, -0.15) is 5.10 Å². The second-order valence-electron chi connectivity index (χ2n) is 4.46. The van der Waals surface area contributed by atoms with Crippen LogP contribution in [-0.2, 0) is 11.3 Å². The van der Waals surface area contributed by atoms with Crippen molar-refractivity contribution in [2.45, 2.75) is 19.5 Å². The standard InChI is InChI=1S/C13H14F2N4O/c1-8(9-2-10(14)4-11(15)3-9)18-12-5-17-19(6-12)7-13(16)20/h2-6,8,18H,7H2,1H3,(H2,16,20). The Balaban J connectivity index is 2.08. The van der Waals surface area contributed by atoms with Crippen LogP contribution < -0.4 is 11.1 Å². The average molecular weight is 280 g/mol. The number of rotatable bonds is 5. The number of halogens is 2. The molecular formula is C13H14F2N4O. The molecule has 1 heterocycles. The van der Waals surface area contributed by atoms with Crippen molar-refractivity contribution in [3.8, 4) is 0 Å². The Morgan fingerprint density at radius 2 is 2.05 bits per heavy atom. The number of primary amides is 1. The van der Waals surface area contributed by atoms with E-state index in [9.17, 15) is 13.6 Å². The lowest BCUT2D eigenvalue weighted by molar-refractivity contribution is -0.118. The smallest absolute Gasteiger partial charge is 0.239 e. The van der Waals surface area contributed by atoms with E-state index in [0.29, 0.717) is 11.3 Å². The van der Waals surface area contributed by atoms with Crippen molar-refractivity contribution < 1.29 is 13.6 Å². The van der Waals surface area contributed by atoms with Crippen LogP contribution in [0.15, 0.2) is 30.6 Å². The predicted octanol–water partition coefficient (Wildman–Crippen LogP) is 1.82. The number of amides is 1. The van der Waals surface area contributed by atoms with Gasteiger partial charge in [0.15, 0.2) is 0 Å². The van der Waals surface area contributed by atoms with Crippen LogP contribution in [0.2, 0.25) is 0 Å². The second-order valence-corrected chi connectivity index (χ2v) is 4.46. The topological polar surface area (TPSA) is 72.9 Å². The third-order valence-electron chi connectivity index (χ3n) is 2.72. The summed E-state index contributed by atoms with van der Waals surface area (Å²) in [6.07, 6.45) is 3.10. The second kappa shape index (κ2) is 5.68. The maximum atomic E-state index is 13.1. The summed E-state index contributed by atoms with van der Waals surface area (Å²) in [5.74, 6) is -1.75. The number of nitrogens with one attached hydrogen (secondary N) is 1. The van der Waals surface area contributed by atoms with Gasteiger partial charge in [0.25, 0.3) is 0 Å². The van der Waals surface area contributed by atoms with Gasteiger partial charge in [0.05, 0.1) is 11.9 Å². The number of hydrogen-bond acceptors (Lipinski definition) is 3. The van der Waals surface area contributed by atoms with E-state index in [0.717, 1.165) is 6.07 Å². The number of carbonyl (C=O) groups excluding carboxylic acids is 1. The Morgan fingerprint density at radius 1 is 1.40 bits per heavy atom. The lowest BCUT2D eigenvalue weighted by Gasteiger charge is -2.14. The zero-order valence-electron chi connectivity index (χ0n) is 10.8. The fourth-order valence-electron chi connectivity index (χ4n) is 1.84. The van der Waals surface area contributed by atoms with Gasteiger partial charge in [0.1, 0.15) is 18.2 Å². The molecule has 1 unspecified atom stereocenters. The van der Waals surface area contributed by atoms with Crippen molar-refractivity contribution >= 4 is 11.6 Å². The van der Waals surface area contributed by atoms with Gasteiger partial charge >= 0.3 is 0 Å². The van der Waals surface area contributed by atoms with Crippen LogP contribution in [0.25, 0.3) is 0 Å². The number of nitrogens with two attached hydrogens (primary N) is 1. The summed E-state index contributed by atoms with van der Waals surface area (Å²) in [5, 5.41) is 6.98. The molecule has 1 amide bonds. The monoisotopic (exact) mass is 280 g/mol. The molecule has 3 N–H and O–H groups in total. The van der Waals surface area contributed by atoms with Crippen LogP contribution in [0.4, 0.5) is 14.5 Å². The van der Waals surface area contributed by atoms with Gasteiger partial charge in [-0.05, 0) is 24.6 Å². The van der Waals surface area contributed by atoms with Crippen molar-refractivity contribution in [1.29, 1.82) is 0 Å². The molecule has 20 heavy (non-hydrogen) atoms. The molecule has 0 spiro atoms. The van der Waals surface area contributed by atoms with Gasteiger partial charge in [-0.3, -0.25) is 9.48 Å². The molecule has 0 radical (unpaired) electrons. The number of nitrogens with zero attached hydrogens (tertiary/aromatic N) is 2. The van der Waals surface area contributed by atoms with Crippen LogP contribution in [0.1, 0.15) is 18.5 Å².